The number of carbonyl (C=O) groups excluding carboxylic acids is 1. The fourth-order valence-corrected chi connectivity index (χ4v) is 7.29. The van der Waals surface area contributed by atoms with E-state index in [-0.39, 0.29) is 35.6 Å². The number of guanidine groups is 1. The maximum absolute atomic E-state index is 13.4. The average Bonchev–Trinajstić information content (AvgIpc) is 2.99. The molecule has 13 heteroatoms. The Morgan fingerprint density at radius 3 is 2.43 bits per heavy atom. The number of unbranched alkanes of at least 4 members (excludes halogenated alkanes) is 1. The molecule has 2 aromatic carbocycles. The predicted molar refractivity (Wildman–Crippen MR) is 179 cm³/mol. The van der Waals surface area contributed by atoms with Crippen LogP contribution in [0, 0.1) is 26.2 Å². The highest BCUT2D eigenvalue weighted by Crippen LogP contribution is 2.42. The van der Waals surface area contributed by atoms with Gasteiger partial charge in [0.15, 0.2) is 0 Å². The summed E-state index contributed by atoms with van der Waals surface area (Å²) in [4.78, 5) is 37.8. The van der Waals surface area contributed by atoms with Gasteiger partial charge in [-0.2, -0.15) is 0 Å². The topological polar surface area (TPSA) is 180 Å². The number of carboxylic acids is 1. The van der Waals surface area contributed by atoms with E-state index >= 15 is 0 Å². The molecule has 4 rings (SSSR count). The van der Waals surface area contributed by atoms with Crippen LogP contribution in [0.25, 0.3) is 0 Å². The molecule has 0 saturated heterocycles. The molecule has 0 fully saturated rings. The Balaban J connectivity index is 1.30. The Morgan fingerprint density at radius 1 is 1.04 bits per heavy atom. The second kappa shape index (κ2) is 14.4. The van der Waals surface area contributed by atoms with Gasteiger partial charge in [-0.05, 0) is 107 Å². The van der Waals surface area contributed by atoms with Crippen molar-refractivity contribution in [2.45, 2.75) is 89.8 Å². The number of ether oxygens (including phenoxy) is 1. The number of hydrogen-bond donors (Lipinski definition) is 5. The fraction of sp³-hybridized carbons (Fsp3) is 0.412. The molecule has 0 aliphatic carbocycles. The van der Waals surface area contributed by atoms with Crippen LogP contribution >= 0.6 is 0 Å². The summed E-state index contributed by atoms with van der Waals surface area (Å²) in [6, 6.07) is 11.0. The highest BCUT2D eigenvalue weighted by molar-refractivity contribution is 7.90. The first-order chi connectivity index (χ1) is 22.1. The number of rotatable bonds is 12. The zero-order valence-electron chi connectivity index (χ0n) is 27.4. The van der Waals surface area contributed by atoms with E-state index in [2.05, 4.69) is 15.4 Å². The molecule has 0 radical (unpaired) electrons. The molecule has 0 saturated carbocycles. The average molecular weight is 666 g/mol. The van der Waals surface area contributed by atoms with Crippen molar-refractivity contribution < 1.29 is 27.9 Å². The van der Waals surface area contributed by atoms with Gasteiger partial charge in [-0.15, -0.1) is 0 Å². The lowest BCUT2D eigenvalue weighted by Crippen LogP contribution is -2.43. The van der Waals surface area contributed by atoms with Crippen LogP contribution in [-0.4, -0.2) is 54.1 Å². The zero-order chi connectivity index (χ0) is 34.5. The molecule has 47 heavy (non-hydrogen) atoms. The van der Waals surface area contributed by atoms with Crippen molar-refractivity contribution in [1.82, 2.24) is 19.9 Å². The SMILES string of the molecule is Cc1c(C)c(S(=O)(=O)NC(=N)NCCCC[C@H](NC(=O)c2cccn(Cc3ccccc3)c2=O)C(=O)O)c(C)c2c1OC(C)(C)CC2. The van der Waals surface area contributed by atoms with Crippen LogP contribution in [-0.2, 0) is 27.8 Å². The lowest BCUT2D eigenvalue weighted by atomic mass is 9.88. The number of aliphatic carboxylic acids is 1. The molecular formula is C34H43N5O7S. The molecule has 3 aromatic rings. The molecule has 12 nitrogen and oxygen atoms in total. The van der Waals surface area contributed by atoms with E-state index in [0.29, 0.717) is 30.4 Å². The Kier molecular flexibility index (Phi) is 10.8. The normalized spacial score (nSPS) is 14.3. The molecule has 0 unspecified atom stereocenters. The molecule has 1 atom stereocenters. The standard InChI is InChI=1S/C34H43N5O7S/c1-21-22(2)29(23(3)25-16-17-34(4,5)46-28(21)25)47(44,45)38-33(35)36-18-10-9-15-27(32(42)43)37-30(40)26-14-11-19-39(31(26)41)20-24-12-7-6-8-13-24/h6-8,11-14,19,27H,9-10,15-18,20H2,1-5H3,(H,37,40)(H,42,43)(H3,35,36,38)/t27-/m0/s1. The highest BCUT2D eigenvalue weighted by atomic mass is 32.2. The number of benzene rings is 2. The van der Waals surface area contributed by atoms with Crippen molar-refractivity contribution in [3.8, 4) is 5.75 Å². The number of hydrogen-bond acceptors (Lipinski definition) is 7. The number of nitrogens with one attached hydrogen (secondary N) is 4. The van der Waals surface area contributed by atoms with E-state index in [9.17, 15) is 27.9 Å². The van der Waals surface area contributed by atoms with Crippen molar-refractivity contribution in [2.75, 3.05) is 6.54 Å². The van der Waals surface area contributed by atoms with Gasteiger partial charge in [0.2, 0.25) is 5.96 Å². The molecule has 1 aliphatic rings. The lowest BCUT2D eigenvalue weighted by molar-refractivity contribution is -0.139. The van der Waals surface area contributed by atoms with Gasteiger partial charge in [0, 0.05) is 12.7 Å². The number of fused-ring (bicyclic) bond motifs is 1. The van der Waals surface area contributed by atoms with Gasteiger partial charge < -0.3 is 25.0 Å². The Labute approximate surface area is 275 Å². The van der Waals surface area contributed by atoms with E-state index in [1.165, 1.54) is 10.6 Å². The van der Waals surface area contributed by atoms with Gasteiger partial charge in [0.05, 0.1) is 11.4 Å². The monoisotopic (exact) mass is 665 g/mol. The Hall–Kier alpha value is -4.65. The number of nitrogens with zero attached hydrogens (tertiary/aromatic N) is 1. The first-order valence-corrected chi connectivity index (χ1v) is 17.0. The highest BCUT2D eigenvalue weighted by Gasteiger charge is 2.33. The lowest BCUT2D eigenvalue weighted by Gasteiger charge is -2.35. The third-order valence-electron chi connectivity index (χ3n) is 8.46. The largest absolute Gasteiger partial charge is 0.487 e. The third kappa shape index (κ3) is 8.39. The minimum Gasteiger partial charge on any atom is -0.487 e. The first-order valence-electron chi connectivity index (χ1n) is 15.5. The van der Waals surface area contributed by atoms with Crippen LogP contribution in [0.1, 0.15) is 77.7 Å². The minimum atomic E-state index is -4.08. The van der Waals surface area contributed by atoms with Crippen LogP contribution in [0.2, 0.25) is 0 Å². The van der Waals surface area contributed by atoms with Crippen molar-refractivity contribution >= 4 is 27.9 Å². The zero-order valence-corrected chi connectivity index (χ0v) is 28.2. The molecule has 252 valence electrons. The van der Waals surface area contributed by atoms with Gasteiger partial charge in [0.25, 0.3) is 21.5 Å². The van der Waals surface area contributed by atoms with E-state index in [4.69, 9.17) is 10.1 Å². The van der Waals surface area contributed by atoms with Crippen molar-refractivity contribution in [3.05, 3.63) is 92.4 Å². The Bertz CT molecular complexity index is 1840. The van der Waals surface area contributed by atoms with Gasteiger partial charge in [0.1, 0.15) is 23.0 Å². The van der Waals surface area contributed by atoms with Crippen molar-refractivity contribution in [1.29, 1.82) is 5.41 Å². The van der Waals surface area contributed by atoms with Crippen LogP contribution in [0.5, 0.6) is 5.75 Å². The number of aromatic nitrogens is 1. The number of carbonyl (C=O) groups is 2. The van der Waals surface area contributed by atoms with E-state index in [0.717, 1.165) is 28.9 Å². The maximum Gasteiger partial charge on any atom is 0.326 e. The van der Waals surface area contributed by atoms with Crippen molar-refractivity contribution in [3.63, 3.8) is 0 Å². The van der Waals surface area contributed by atoms with Gasteiger partial charge in [-0.25, -0.2) is 17.9 Å². The summed E-state index contributed by atoms with van der Waals surface area (Å²) in [7, 11) is -4.08. The van der Waals surface area contributed by atoms with E-state index in [1.807, 2.05) is 51.1 Å². The summed E-state index contributed by atoms with van der Waals surface area (Å²) in [5, 5.41) is 23.1. The van der Waals surface area contributed by atoms with Crippen LogP contribution in [0.3, 0.4) is 0 Å². The van der Waals surface area contributed by atoms with Crippen molar-refractivity contribution in [2.24, 2.45) is 0 Å². The molecule has 5 N–H and O–H groups in total. The summed E-state index contributed by atoms with van der Waals surface area (Å²) < 4.78 is 36.7. The summed E-state index contributed by atoms with van der Waals surface area (Å²) >= 11 is 0. The van der Waals surface area contributed by atoms with Gasteiger partial charge in [-0.3, -0.25) is 15.0 Å². The van der Waals surface area contributed by atoms with Crippen LogP contribution in [0.15, 0.2) is 58.4 Å². The van der Waals surface area contributed by atoms with E-state index in [1.54, 1.807) is 26.1 Å². The maximum atomic E-state index is 13.4. The third-order valence-corrected chi connectivity index (χ3v) is 10.1. The fourth-order valence-electron chi connectivity index (χ4n) is 5.77. The second-order valence-electron chi connectivity index (χ2n) is 12.5. The molecule has 0 bridgehead atoms. The Morgan fingerprint density at radius 2 is 1.74 bits per heavy atom. The van der Waals surface area contributed by atoms with Crippen LogP contribution < -0.4 is 25.7 Å². The summed E-state index contributed by atoms with van der Waals surface area (Å²) in [5.74, 6) is -1.71. The van der Waals surface area contributed by atoms with Gasteiger partial charge >= 0.3 is 5.97 Å². The molecule has 1 aromatic heterocycles. The van der Waals surface area contributed by atoms with Gasteiger partial charge in [-0.1, -0.05) is 30.3 Å². The number of pyridine rings is 1. The smallest absolute Gasteiger partial charge is 0.326 e. The molecule has 2 heterocycles. The van der Waals surface area contributed by atoms with Crippen LogP contribution in [0.4, 0.5) is 0 Å². The summed E-state index contributed by atoms with van der Waals surface area (Å²) in [6.45, 7) is 9.80. The minimum absolute atomic E-state index is 0.0680. The van der Waals surface area contributed by atoms with E-state index < -0.39 is 39.5 Å². The number of amides is 1. The molecular weight excluding hydrogens is 622 g/mol. The predicted octanol–water partition coefficient (Wildman–Crippen LogP) is 3.78. The number of sulfonamides is 1. The first kappa shape index (κ1) is 35.2. The number of carboxylic acid groups (broad SMARTS) is 1. The summed E-state index contributed by atoms with van der Waals surface area (Å²) in [5.41, 5.74) is 2.62. The quantitative estimate of drug-likeness (QED) is 0.110. The molecule has 1 amide bonds. The summed E-state index contributed by atoms with van der Waals surface area (Å²) in [6.07, 6.45) is 3.80. The second-order valence-corrected chi connectivity index (χ2v) is 14.1. The molecule has 0 spiro atoms. The molecule has 1 aliphatic heterocycles.